The number of rotatable bonds is 6. The number of nitrogens with zero attached hydrogens (tertiary/aromatic N) is 3. The van der Waals surface area contributed by atoms with Crippen molar-refractivity contribution in [2.24, 2.45) is 10.4 Å². The lowest BCUT2D eigenvalue weighted by atomic mass is 9.51. The molecule has 2 atom stereocenters. The number of guanidine groups is 1. The first kappa shape index (κ1) is 20.4. The minimum absolute atomic E-state index is 0.115. The maximum absolute atomic E-state index is 12.0. The first-order chi connectivity index (χ1) is 13.0. The van der Waals surface area contributed by atoms with E-state index in [1.54, 1.807) is 0 Å². The van der Waals surface area contributed by atoms with E-state index in [1.807, 2.05) is 20.9 Å². The van der Waals surface area contributed by atoms with Gasteiger partial charge >= 0.3 is 0 Å². The Morgan fingerprint density at radius 3 is 2.48 bits per heavy atom. The van der Waals surface area contributed by atoms with Crippen molar-refractivity contribution in [3.63, 3.8) is 0 Å². The summed E-state index contributed by atoms with van der Waals surface area (Å²) in [5, 5.41) is 6.70. The second kappa shape index (κ2) is 8.78. The van der Waals surface area contributed by atoms with Crippen LogP contribution in [0.3, 0.4) is 0 Å². The Morgan fingerprint density at radius 1 is 1.26 bits per heavy atom. The number of hydrogen-bond acceptors (Lipinski definition) is 4. The van der Waals surface area contributed by atoms with E-state index in [4.69, 9.17) is 4.74 Å². The lowest BCUT2D eigenvalue weighted by Gasteiger charge is -2.61. The maximum Gasteiger partial charge on any atom is 0.234 e. The van der Waals surface area contributed by atoms with Gasteiger partial charge in [0, 0.05) is 57.3 Å². The molecule has 1 heterocycles. The first-order valence-electron chi connectivity index (χ1n) is 10.6. The highest BCUT2D eigenvalue weighted by molar-refractivity contribution is 5.81. The number of hydrogen-bond donors (Lipinski definition) is 2. The van der Waals surface area contributed by atoms with E-state index in [0.29, 0.717) is 24.1 Å². The van der Waals surface area contributed by atoms with E-state index < -0.39 is 0 Å². The van der Waals surface area contributed by atoms with Gasteiger partial charge in [-0.25, -0.2) is 0 Å². The molecule has 7 nitrogen and oxygen atoms in total. The Balaban J connectivity index is 1.47. The summed E-state index contributed by atoms with van der Waals surface area (Å²) in [7, 11) is 1.87. The fourth-order valence-corrected chi connectivity index (χ4v) is 4.78. The van der Waals surface area contributed by atoms with Crippen molar-refractivity contribution in [1.29, 1.82) is 0 Å². The second-order valence-corrected chi connectivity index (χ2v) is 8.50. The van der Waals surface area contributed by atoms with Gasteiger partial charge in [-0.2, -0.15) is 0 Å². The molecule has 2 unspecified atom stereocenters. The molecule has 2 N–H and O–H groups in total. The zero-order valence-electron chi connectivity index (χ0n) is 17.5. The molecule has 2 saturated carbocycles. The van der Waals surface area contributed by atoms with Crippen molar-refractivity contribution in [2.75, 3.05) is 46.4 Å². The van der Waals surface area contributed by atoms with Crippen molar-refractivity contribution >= 4 is 11.9 Å². The van der Waals surface area contributed by atoms with Crippen molar-refractivity contribution in [2.45, 2.75) is 64.6 Å². The number of nitrogens with one attached hydrogen (secondary N) is 2. The van der Waals surface area contributed by atoms with E-state index in [2.05, 4.69) is 32.3 Å². The van der Waals surface area contributed by atoms with Gasteiger partial charge in [0.05, 0.1) is 12.6 Å². The third kappa shape index (κ3) is 4.40. The third-order valence-corrected chi connectivity index (χ3v) is 6.44. The predicted molar refractivity (Wildman–Crippen MR) is 108 cm³/mol. The molecule has 0 bridgehead atoms. The van der Waals surface area contributed by atoms with Crippen LogP contribution in [-0.2, 0) is 9.53 Å². The standard InChI is InChI=1S/C20H37N5O2/c1-5-27-17-13-16(20(17)7-6-8-20)23-19(21-4)25-11-9-24(10-12-25)14-18(26)22-15(2)3/h15-17H,5-14H2,1-4H3,(H,21,23)(H,22,26). The van der Waals surface area contributed by atoms with Gasteiger partial charge in [0.1, 0.15) is 0 Å². The third-order valence-electron chi connectivity index (χ3n) is 6.44. The largest absolute Gasteiger partial charge is 0.378 e. The molecule has 27 heavy (non-hydrogen) atoms. The van der Waals surface area contributed by atoms with Crippen molar-refractivity contribution in [3.8, 4) is 0 Å². The number of carbonyl (C=O) groups excluding carboxylic acids is 1. The Bertz CT molecular complexity index is 538. The van der Waals surface area contributed by atoms with Crippen LogP contribution in [0.15, 0.2) is 4.99 Å². The van der Waals surface area contributed by atoms with Crippen LogP contribution in [0, 0.1) is 5.41 Å². The van der Waals surface area contributed by atoms with Crippen molar-refractivity contribution < 1.29 is 9.53 Å². The van der Waals surface area contributed by atoms with E-state index in [0.717, 1.165) is 45.2 Å². The smallest absolute Gasteiger partial charge is 0.234 e. The highest BCUT2D eigenvalue weighted by Crippen LogP contribution is 2.57. The topological polar surface area (TPSA) is 69.2 Å². The van der Waals surface area contributed by atoms with Gasteiger partial charge in [0.25, 0.3) is 0 Å². The molecule has 7 heteroatoms. The van der Waals surface area contributed by atoms with Gasteiger partial charge in [-0.1, -0.05) is 6.42 Å². The van der Waals surface area contributed by atoms with E-state index in [9.17, 15) is 4.79 Å². The number of carbonyl (C=O) groups is 1. The van der Waals surface area contributed by atoms with Crippen LogP contribution >= 0.6 is 0 Å². The van der Waals surface area contributed by atoms with E-state index in [-0.39, 0.29) is 11.9 Å². The molecule has 0 aromatic rings. The van der Waals surface area contributed by atoms with Gasteiger partial charge < -0.3 is 20.3 Å². The summed E-state index contributed by atoms with van der Waals surface area (Å²) in [4.78, 5) is 21.1. The average Bonchev–Trinajstić information content (AvgIpc) is 2.56. The predicted octanol–water partition coefficient (Wildman–Crippen LogP) is 1.05. The highest BCUT2D eigenvalue weighted by Gasteiger charge is 2.59. The van der Waals surface area contributed by atoms with Crippen molar-refractivity contribution in [3.05, 3.63) is 0 Å². The fourth-order valence-electron chi connectivity index (χ4n) is 4.78. The maximum atomic E-state index is 12.0. The monoisotopic (exact) mass is 379 g/mol. The second-order valence-electron chi connectivity index (χ2n) is 8.50. The fraction of sp³-hybridized carbons (Fsp3) is 0.900. The summed E-state index contributed by atoms with van der Waals surface area (Å²) >= 11 is 0. The normalized spacial score (nSPS) is 28.0. The zero-order chi connectivity index (χ0) is 19.4. The van der Waals surface area contributed by atoms with Gasteiger partial charge in [0.2, 0.25) is 5.91 Å². The molecule has 1 spiro atoms. The summed E-state index contributed by atoms with van der Waals surface area (Å²) in [5.74, 6) is 1.12. The number of ether oxygens (including phenoxy) is 1. The summed E-state index contributed by atoms with van der Waals surface area (Å²) in [6, 6.07) is 0.681. The van der Waals surface area contributed by atoms with Crippen LogP contribution in [0.25, 0.3) is 0 Å². The molecule has 0 aromatic carbocycles. The lowest BCUT2D eigenvalue weighted by Crippen LogP contribution is -2.69. The molecular formula is C20H37N5O2. The Kier molecular flexibility index (Phi) is 6.63. The van der Waals surface area contributed by atoms with Gasteiger partial charge in [0.15, 0.2) is 5.96 Å². The van der Waals surface area contributed by atoms with E-state index >= 15 is 0 Å². The number of amides is 1. The Labute approximate surface area is 163 Å². The average molecular weight is 380 g/mol. The minimum Gasteiger partial charge on any atom is -0.378 e. The molecule has 3 fully saturated rings. The SMILES string of the molecule is CCOC1CC(NC(=NC)N2CCN(CC(=O)NC(C)C)CC2)C12CCC2. The van der Waals surface area contributed by atoms with Crippen LogP contribution in [0.2, 0.25) is 0 Å². The molecule has 1 aliphatic heterocycles. The van der Waals surface area contributed by atoms with Crippen LogP contribution in [0.1, 0.15) is 46.5 Å². The summed E-state index contributed by atoms with van der Waals surface area (Å²) in [5.41, 5.74) is 0.336. The molecule has 0 radical (unpaired) electrons. The van der Waals surface area contributed by atoms with Crippen LogP contribution in [-0.4, -0.2) is 86.2 Å². The summed E-state index contributed by atoms with van der Waals surface area (Å²) < 4.78 is 5.97. The quantitative estimate of drug-likeness (QED) is 0.533. The molecule has 1 saturated heterocycles. The summed E-state index contributed by atoms with van der Waals surface area (Å²) in [6.45, 7) is 11.0. The summed E-state index contributed by atoms with van der Waals surface area (Å²) in [6.07, 6.45) is 5.36. The van der Waals surface area contributed by atoms with Gasteiger partial charge in [-0.15, -0.1) is 0 Å². The van der Waals surface area contributed by atoms with Crippen molar-refractivity contribution in [1.82, 2.24) is 20.4 Å². The Morgan fingerprint density at radius 2 is 1.96 bits per heavy atom. The molecule has 2 aliphatic carbocycles. The van der Waals surface area contributed by atoms with Crippen LogP contribution in [0.4, 0.5) is 0 Å². The lowest BCUT2D eigenvalue weighted by molar-refractivity contribution is -0.169. The minimum atomic E-state index is 0.115. The van der Waals surface area contributed by atoms with Crippen LogP contribution in [0.5, 0.6) is 0 Å². The zero-order valence-corrected chi connectivity index (χ0v) is 17.5. The molecule has 1 amide bonds. The highest BCUT2D eigenvalue weighted by atomic mass is 16.5. The molecule has 154 valence electrons. The number of piperazine rings is 1. The van der Waals surface area contributed by atoms with Gasteiger partial charge in [-0.05, 0) is 40.0 Å². The molecule has 3 rings (SSSR count). The van der Waals surface area contributed by atoms with E-state index in [1.165, 1.54) is 19.3 Å². The molecular weight excluding hydrogens is 342 g/mol. The molecule has 0 aromatic heterocycles. The Hall–Kier alpha value is -1.34. The first-order valence-corrected chi connectivity index (χ1v) is 10.6. The van der Waals surface area contributed by atoms with Gasteiger partial charge in [-0.3, -0.25) is 14.7 Å². The molecule has 3 aliphatic rings. The number of aliphatic imine (C=N–C) groups is 1. The van der Waals surface area contributed by atoms with Crippen LogP contribution < -0.4 is 10.6 Å².